The highest BCUT2D eigenvalue weighted by Crippen LogP contribution is 2.29. The molecular weight excluding hydrogens is 340 g/mol. The van der Waals surface area contributed by atoms with Gasteiger partial charge in [-0.2, -0.15) is 0 Å². The minimum atomic E-state index is -0.420. The van der Waals surface area contributed by atoms with Crippen molar-refractivity contribution < 1.29 is 9.53 Å². The molecule has 2 aromatic heterocycles. The Hall–Kier alpha value is -2.63. The third kappa shape index (κ3) is 3.89. The van der Waals surface area contributed by atoms with E-state index in [1.807, 2.05) is 28.8 Å². The number of para-hydroxylation sites is 2. The number of fused-ring (bicyclic) bond motifs is 2. The number of rotatable bonds is 8. The Morgan fingerprint density at radius 3 is 2.56 bits per heavy atom. The fraction of sp³-hybridized carbons (Fsp3) is 0.476. The van der Waals surface area contributed by atoms with Crippen LogP contribution in [0.2, 0.25) is 0 Å². The van der Waals surface area contributed by atoms with Crippen LogP contribution in [0.5, 0.6) is 0 Å². The van der Waals surface area contributed by atoms with Crippen LogP contribution in [0.3, 0.4) is 0 Å². The Kier molecular flexibility index (Phi) is 5.94. The van der Waals surface area contributed by atoms with Crippen LogP contribution in [0.4, 0.5) is 5.82 Å². The molecule has 0 fully saturated rings. The molecule has 1 atom stereocenters. The molecule has 27 heavy (non-hydrogen) atoms. The normalized spacial score (nSPS) is 12.6. The van der Waals surface area contributed by atoms with E-state index in [9.17, 15) is 4.79 Å². The van der Waals surface area contributed by atoms with Gasteiger partial charge in [0, 0.05) is 6.54 Å². The third-order valence-corrected chi connectivity index (χ3v) is 4.98. The van der Waals surface area contributed by atoms with Gasteiger partial charge < -0.3 is 15.0 Å². The van der Waals surface area contributed by atoms with Crippen LogP contribution < -0.4 is 5.73 Å². The summed E-state index contributed by atoms with van der Waals surface area (Å²) in [6.45, 7) is 7.37. The molecule has 0 unspecified atom stereocenters. The zero-order valence-corrected chi connectivity index (χ0v) is 16.4. The number of aryl methyl sites for hydroxylation is 1. The molecule has 3 rings (SSSR count). The van der Waals surface area contributed by atoms with Crippen molar-refractivity contribution in [3.8, 4) is 0 Å². The van der Waals surface area contributed by atoms with Gasteiger partial charge in [0.1, 0.15) is 16.9 Å². The molecular formula is C21H28N4O2. The number of carbonyl (C=O) groups excluding carboxylic acids is 1. The molecule has 2 heterocycles. The van der Waals surface area contributed by atoms with E-state index in [1.54, 1.807) is 0 Å². The van der Waals surface area contributed by atoms with E-state index < -0.39 is 5.97 Å². The minimum Gasteiger partial charge on any atom is -0.462 e. The van der Waals surface area contributed by atoms with Crippen LogP contribution in [-0.2, 0) is 11.3 Å². The lowest BCUT2D eigenvalue weighted by molar-refractivity contribution is 0.0450. The number of nitrogen functional groups attached to an aromatic ring is 1. The fourth-order valence-electron chi connectivity index (χ4n) is 3.07. The van der Waals surface area contributed by atoms with Gasteiger partial charge in [-0.25, -0.2) is 14.8 Å². The van der Waals surface area contributed by atoms with Crippen LogP contribution in [0.15, 0.2) is 24.3 Å². The molecule has 0 aliphatic carbocycles. The van der Waals surface area contributed by atoms with Crippen molar-refractivity contribution >= 4 is 34.0 Å². The van der Waals surface area contributed by atoms with Gasteiger partial charge in [-0.15, -0.1) is 0 Å². The summed E-state index contributed by atoms with van der Waals surface area (Å²) in [5.41, 5.74) is 9.43. The molecule has 0 aliphatic heterocycles. The zero-order chi connectivity index (χ0) is 19.4. The summed E-state index contributed by atoms with van der Waals surface area (Å²) < 4.78 is 7.43. The summed E-state index contributed by atoms with van der Waals surface area (Å²) in [7, 11) is 0. The number of ether oxygens (including phenoxy) is 1. The van der Waals surface area contributed by atoms with Gasteiger partial charge >= 0.3 is 5.97 Å². The van der Waals surface area contributed by atoms with E-state index in [0.29, 0.717) is 41.6 Å². The molecule has 0 saturated heterocycles. The van der Waals surface area contributed by atoms with E-state index in [1.165, 1.54) is 0 Å². The molecule has 3 aromatic rings. The molecule has 144 valence electrons. The maximum absolute atomic E-state index is 12.8. The second kappa shape index (κ2) is 8.37. The smallest absolute Gasteiger partial charge is 0.344 e. The average molecular weight is 368 g/mol. The molecule has 0 bridgehead atoms. The number of carbonyl (C=O) groups is 1. The second-order valence-corrected chi connectivity index (χ2v) is 7.12. The van der Waals surface area contributed by atoms with Gasteiger partial charge in [-0.1, -0.05) is 52.2 Å². The summed E-state index contributed by atoms with van der Waals surface area (Å²) in [5.74, 6) is 0.280. The number of benzene rings is 1. The van der Waals surface area contributed by atoms with E-state index in [4.69, 9.17) is 20.4 Å². The van der Waals surface area contributed by atoms with Crippen LogP contribution in [0.1, 0.15) is 56.8 Å². The highest BCUT2D eigenvalue weighted by Gasteiger charge is 2.25. The van der Waals surface area contributed by atoms with E-state index in [0.717, 1.165) is 36.7 Å². The number of hydrogen-bond donors (Lipinski definition) is 1. The van der Waals surface area contributed by atoms with E-state index >= 15 is 0 Å². The Morgan fingerprint density at radius 2 is 1.89 bits per heavy atom. The van der Waals surface area contributed by atoms with Gasteiger partial charge in [0.05, 0.1) is 17.6 Å². The van der Waals surface area contributed by atoms with Crippen molar-refractivity contribution in [1.29, 1.82) is 0 Å². The maximum atomic E-state index is 12.8. The predicted octanol–water partition coefficient (Wildman–Crippen LogP) is 4.56. The summed E-state index contributed by atoms with van der Waals surface area (Å²) in [5, 5.41) is 0. The minimum absolute atomic E-state index is 0.306. The van der Waals surface area contributed by atoms with Gasteiger partial charge in [0.2, 0.25) is 0 Å². The Bertz CT molecular complexity index is 948. The van der Waals surface area contributed by atoms with Gasteiger partial charge in [0.25, 0.3) is 0 Å². The molecule has 0 saturated carbocycles. The maximum Gasteiger partial charge on any atom is 0.344 e. The second-order valence-electron chi connectivity index (χ2n) is 7.12. The number of hydrogen-bond acceptors (Lipinski definition) is 5. The van der Waals surface area contributed by atoms with Crippen molar-refractivity contribution in [2.75, 3.05) is 12.3 Å². The average Bonchev–Trinajstić information content (AvgIpc) is 2.95. The monoisotopic (exact) mass is 368 g/mol. The van der Waals surface area contributed by atoms with Crippen LogP contribution in [-0.4, -0.2) is 27.1 Å². The number of nitrogens with two attached hydrogens (primary N) is 1. The molecule has 0 aliphatic rings. The molecule has 0 radical (unpaired) electrons. The predicted molar refractivity (Wildman–Crippen MR) is 109 cm³/mol. The number of esters is 1. The van der Waals surface area contributed by atoms with Gasteiger partial charge in [-0.05, 0) is 24.5 Å². The summed E-state index contributed by atoms with van der Waals surface area (Å²) in [6.07, 6.45) is 4.12. The van der Waals surface area contributed by atoms with Crippen LogP contribution in [0, 0.1) is 5.92 Å². The highest BCUT2D eigenvalue weighted by molar-refractivity contribution is 6.08. The largest absolute Gasteiger partial charge is 0.462 e. The van der Waals surface area contributed by atoms with Crippen LogP contribution in [0.25, 0.3) is 22.2 Å². The summed E-state index contributed by atoms with van der Waals surface area (Å²) in [4.78, 5) is 22.2. The number of unbranched alkanes of at least 4 members (excludes halogenated alkanes) is 2. The molecule has 6 nitrogen and oxygen atoms in total. The quantitative estimate of drug-likeness (QED) is 0.465. The van der Waals surface area contributed by atoms with Crippen molar-refractivity contribution in [3.05, 3.63) is 29.8 Å². The lowest BCUT2D eigenvalue weighted by Gasteiger charge is -2.10. The number of nitrogens with zero attached hydrogens (tertiary/aromatic N) is 3. The SMILES string of the molecule is CCCCCn1c(N)c(C(=O)OC[C@H](C)CC)c2nc3ccccc3nc21. The molecule has 6 heteroatoms. The Labute approximate surface area is 159 Å². The standard InChI is InChI=1S/C21H28N4O2/c1-4-6-9-12-25-19(22)17(21(26)27-13-14(3)5-2)18-20(25)24-16-11-8-7-10-15(16)23-18/h7-8,10-11,14H,4-6,9,12-13,22H2,1-3H3/t14-/m1/s1. The molecule has 2 N–H and O–H groups in total. The first-order valence-electron chi connectivity index (χ1n) is 9.78. The van der Waals surface area contributed by atoms with Crippen molar-refractivity contribution in [2.45, 2.75) is 53.0 Å². The lowest BCUT2D eigenvalue weighted by Crippen LogP contribution is -2.14. The first-order chi connectivity index (χ1) is 13.1. The van der Waals surface area contributed by atoms with Gasteiger partial charge in [0.15, 0.2) is 5.65 Å². The third-order valence-electron chi connectivity index (χ3n) is 4.98. The number of aromatic nitrogens is 3. The van der Waals surface area contributed by atoms with Crippen molar-refractivity contribution in [2.24, 2.45) is 5.92 Å². The zero-order valence-electron chi connectivity index (χ0n) is 16.4. The summed E-state index contributed by atoms with van der Waals surface area (Å²) >= 11 is 0. The molecule has 1 aromatic carbocycles. The first kappa shape index (κ1) is 19.1. The van der Waals surface area contributed by atoms with Crippen molar-refractivity contribution in [1.82, 2.24) is 14.5 Å². The van der Waals surface area contributed by atoms with E-state index in [-0.39, 0.29) is 0 Å². The molecule has 0 spiro atoms. The number of anilines is 1. The topological polar surface area (TPSA) is 83.0 Å². The fourth-order valence-corrected chi connectivity index (χ4v) is 3.07. The highest BCUT2D eigenvalue weighted by atomic mass is 16.5. The Balaban J connectivity index is 2.08. The van der Waals surface area contributed by atoms with Gasteiger partial charge in [-0.3, -0.25) is 0 Å². The van der Waals surface area contributed by atoms with Crippen molar-refractivity contribution in [3.63, 3.8) is 0 Å². The van der Waals surface area contributed by atoms with Crippen LogP contribution >= 0.6 is 0 Å². The summed E-state index contributed by atoms with van der Waals surface area (Å²) in [6, 6.07) is 7.65. The van der Waals surface area contributed by atoms with E-state index in [2.05, 4.69) is 20.8 Å². The first-order valence-corrected chi connectivity index (χ1v) is 9.78. The lowest BCUT2D eigenvalue weighted by atomic mass is 10.1. The molecule has 0 amide bonds. The Morgan fingerprint density at radius 1 is 1.19 bits per heavy atom.